The largest absolute Gasteiger partial charge is 0.482 e. The average Bonchev–Trinajstić information content (AvgIpc) is 2.54. The Labute approximate surface area is 131 Å². The lowest BCUT2D eigenvalue weighted by molar-refractivity contribution is 0.300. The molecule has 0 saturated heterocycles. The van der Waals surface area contributed by atoms with Crippen LogP contribution in [0.15, 0.2) is 59.7 Å². The fourth-order valence-corrected chi connectivity index (χ4v) is 2.09. The fourth-order valence-electron chi connectivity index (χ4n) is 1.92. The fraction of sp³-hybridized carbons (Fsp3) is 0.0625. The van der Waals surface area contributed by atoms with E-state index in [9.17, 15) is 4.79 Å². The van der Waals surface area contributed by atoms with Crippen molar-refractivity contribution in [3.8, 4) is 17.1 Å². The van der Waals surface area contributed by atoms with Crippen LogP contribution in [-0.2, 0) is 6.61 Å². The minimum absolute atomic E-state index is 0.174. The molecule has 1 aromatic carbocycles. The van der Waals surface area contributed by atoms with Gasteiger partial charge < -0.3 is 9.72 Å². The molecule has 0 saturated carbocycles. The van der Waals surface area contributed by atoms with Crippen molar-refractivity contribution in [2.24, 2.45) is 0 Å². The van der Waals surface area contributed by atoms with Crippen molar-refractivity contribution in [3.63, 3.8) is 0 Å². The van der Waals surface area contributed by atoms with Crippen LogP contribution in [-0.4, -0.2) is 15.0 Å². The zero-order valence-corrected chi connectivity index (χ0v) is 12.2. The average molecular weight is 314 g/mol. The second-order valence-corrected chi connectivity index (χ2v) is 4.95. The number of hydrogen-bond acceptors (Lipinski definition) is 4. The minimum Gasteiger partial charge on any atom is -0.482 e. The van der Waals surface area contributed by atoms with Crippen LogP contribution in [0.1, 0.15) is 5.56 Å². The van der Waals surface area contributed by atoms with Crippen LogP contribution in [0.5, 0.6) is 5.75 Å². The topological polar surface area (TPSA) is 67.9 Å². The Morgan fingerprint density at radius 2 is 1.95 bits per heavy atom. The number of benzene rings is 1. The second-order valence-electron chi connectivity index (χ2n) is 4.57. The predicted molar refractivity (Wildman–Crippen MR) is 83.9 cm³/mol. The summed E-state index contributed by atoms with van der Waals surface area (Å²) < 4.78 is 5.49. The molecule has 2 aromatic heterocycles. The van der Waals surface area contributed by atoms with E-state index in [0.717, 1.165) is 5.56 Å². The Kier molecular flexibility index (Phi) is 4.16. The first-order valence-corrected chi connectivity index (χ1v) is 6.98. The number of H-pyrrole nitrogens is 1. The molecule has 6 heteroatoms. The first-order chi connectivity index (χ1) is 10.7. The molecule has 0 amide bonds. The molecule has 1 N–H and O–H groups in total. The van der Waals surface area contributed by atoms with Crippen molar-refractivity contribution in [3.05, 3.63) is 75.9 Å². The Hall–Kier alpha value is -2.66. The third-order valence-electron chi connectivity index (χ3n) is 3.00. The maximum atomic E-state index is 12.1. The van der Waals surface area contributed by atoms with E-state index in [2.05, 4.69) is 15.0 Å². The number of pyridine rings is 1. The monoisotopic (exact) mass is 313 g/mol. The predicted octanol–water partition coefficient (Wildman–Crippen LogP) is 3.06. The molecule has 3 aromatic rings. The maximum Gasteiger partial charge on any atom is 0.293 e. The molecule has 0 fully saturated rings. The third-order valence-corrected chi connectivity index (χ3v) is 3.21. The summed E-state index contributed by atoms with van der Waals surface area (Å²) in [5.74, 6) is 0.592. The Balaban J connectivity index is 1.79. The molecule has 2 heterocycles. The molecule has 0 bridgehead atoms. The van der Waals surface area contributed by atoms with Crippen molar-refractivity contribution in [2.75, 3.05) is 0 Å². The summed E-state index contributed by atoms with van der Waals surface area (Å²) in [6.45, 7) is 0.312. The van der Waals surface area contributed by atoms with Gasteiger partial charge in [-0.3, -0.25) is 4.79 Å². The van der Waals surface area contributed by atoms with E-state index in [-0.39, 0.29) is 11.3 Å². The number of aromatic nitrogens is 3. The number of rotatable bonds is 4. The maximum absolute atomic E-state index is 12.1. The molecule has 3 rings (SSSR count). The highest BCUT2D eigenvalue weighted by Gasteiger charge is 2.06. The van der Waals surface area contributed by atoms with E-state index >= 15 is 0 Å². The molecule has 0 radical (unpaired) electrons. The quantitative estimate of drug-likeness (QED) is 0.752. The Morgan fingerprint density at radius 1 is 1.14 bits per heavy atom. The number of ether oxygens (including phenoxy) is 1. The van der Waals surface area contributed by atoms with Gasteiger partial charge in [0.05, 0.1) is 6.20 Å². The highest BCUT2D eigenvalue weighted by molar-refractivity contribution is 6.29. The first kappa shape index (κ1) is 14.3. The highest BCUT2D eigenvalue weighted by Crippen LogP contribution is 2.17. The summed E-state index contributed by atoms with van der Waals surface area (Å²) in [7, 11) is 0. The minimum atomic E-state index is -0.339. The van der Waals surface area contributed by atoms with Gasteiger partial charge in [-0.1, -0.05) is 41.9 Å². The molecule has 0 aliphatic heterocycles. The zero-order chi connectivity index (χ0) is 15.4. The smallest absolute Gasteiger partial charge is 0.293 e. The van der Waals surface area contributed by atoms with Crippen LogP contribution in [0.4, 0.5) is 0 Å². The summed E-state index contributed by atoms with van der Waals surface area (Å²) >= 11 is 5.83. The van der Waals surface area contributed by atoms with Crippen molar-refractivity contribution in [1.29, 1.82) is 0 Å². The van der Waals surface area contributed by atoms with E-state index < -0.39 is 0 Å². The summed E-state index contributed by atoms with van der Waals surface area (Å²) in [5, 5.41) is 0.338. The molecule has 0 spiro atoms. The van der Waals surface area contributed by atoms with Gasteiger partial charge in [0, 0.05) is 11.8 Å². The summed E-state index contributed by atoms with van der Waals surface area (Å²) in [5.41, 5.74) is 1.33. The van der Waals surface area contributed by atoms with Gasteiger partial charge in [-0.2, -0.15) is 0 Å². The van der Waals surface area contributed by atoms with E-state index in [1.807, 2.05) is 30.3 Å². The molecule has 22 heavy (non-hydrogen) atoms. The van der Waals surface area contributed by atoms with Crippen LogP contribution in [0.2, 0.25) is 5.15 Å². The summed E-state index contributed by atoms with van der Waals surface area (Å²) in [6, 6.07) is 12.9. The van der Waals surface area contributed by atoms with Crippen molar-refractivity contribution in [1.82, 2.24) is 15.0 Å². The molecule has 0 unspecified atom stereocenters. The van der Waals surface area contributed by atoms with Crippen molar-refractivity contribution in [2.45, 2.75) is 6.61 Å². The van der Waals surface area contributed by atoms with Gasteiger partial charge in [-0.05, 0) is 17.7 Å². The summed E-state index contributed by atoms with van der Waals surface area (Å²) in [4.78, 5) is 22.8. The van der Waals surface area contributed by atoms with Gasteiger partial charge >= 0.3 is 0 Å². The normalized spacial score (nSPS) is 10.4. The van der Waals surface area contributed by atoms with Crippen molar-refractivity contribution < 1.29 is 4.74 Å². The lowest BCUT2D eigenvalue weighted by atomic mass is 10.2. The number of halogens is 1. The number of hydrogen-bond donors (Lipinski definition) is 1. The SMILES string of the molecule is O=c1[nH]c(-c2ccnc(Cl)c2)ncc1OCc1ccccc1. The van der Waals surface area contributed by atoms with Gasteiger partial charge in [0.25, 0.3) is 5.56 Å². The first-order valence-electron chi connectivity index (χ1n) is 6.60. The number of nitrogens with zero attached hydrogens (tertiary/aromatic N) is 2. The third kappa shape index (κ3) is 3.32. The lowest BCUT2D eigenvalue weighted by Crippen LogP contribution is -2.13. The number of aromatic amines is 1. The summed E-state index contributed by atoms with van der Waals surface area (Å²) in [6.07, 6.45) is 2.96. The van der Waals surface area contributed by atoms with Gasteiger partial charge in [-0.15, -0.1) is 0 Å². The van der Waals surface area contributed by atoms with E-state index in [1.54, 1.807) is 18.3 Å². The molecular formula is C16H12ClN3O2. The molecule has 0 aliphatic carbocycles. The van der Waals surface area contributed by atoms with Gasteiger partial charge in [0.15, 0.2) is 0 Å². The van der Waals surface area contributed by atoms with Crippen molar-refractivity contribution >= 4 is 11.6 Å². The number of nitrogens with one attached hydrogen (secondary N) is 1. The molecular weight excluding hydrogens is 302 g/mol. The lowest BCUT2D eigenvalue weighted by Gasteiger charge is -2.06. The van der Waals surface area contributed by atoms with Crippen LogP contribution in [0.3, 0.4) is 0 Å². The zero-order valence-electron chi connectivity index (χ0n) is 11.5. The Morgan fingerprint density at radius 3 is 2.68 bits per heavy atom. The van der Waals surface area contributed by atoms with Crippen LogP contribution >= 0.6 is 11.6 Å². The Bertz CT molecular complexity index is 834. The van der Waals surface area contributed by atoms with Gasteiger partial charge in [0.2, 0.25) is 5.75 Å². The van der Waals surface area contributed by atoms with Gasteiger partial charge in [-0.25, -0.2) is 9.97 Å². The second kappa shape index (κ2) is 6.41. The molecule has 110 valence electrons. The van der Waals surface area contributed by atoms with Gasteiger partial charge in [0.1, 0.15) is 17.6 Å². The standard InChI is InChI=1S/C16H12ClN3O2/c17-14-8-12(6-7-18-14)15-19-9-13(16(21)20-15)22-10-11-4-2-1-3-5-11/h1-9H,10H2,(H,19,20,21). The van der Waals surface area contributed by atoms with E-state index in [0.29, 0.717) is 23.1 Å². The van der Waals surface area contributed by atoms with E-state index in [4.69, 9.17) is 16.3 Å². The highest BCUT2D eigenvalue weighted by atomic mass is 35.5. The van der Waals surface area contributed by atoms with Crippen LogP contribution < -0.4 is 10.3 Å². The van der Waals surface area contributed by atoms with E-state index in [1.165, 1.54) is 6.20 Å². The molecule has 0 atom stereocenters. The van der Waals surface area contributed by atoms with Crippen LogP contribution in [0, 0.1) is 0 Å². The molecule has 0 aliphatic rings. The molecule has 5 nitrogen and oxygen atoms in total. The van der Waals surface area contributed by atoms with Crippen LogP contribution in [0.25, 0.3) is 11.4 Å².